The van der Waals surface area contributed by atoms with Gasteiger partial charge in [-0.1, -0.05) is 12.2 Å². The monoisotopic (exact) mass is 192 g/mol. The first-order valence-corrected chi connectivity index (χ1v) is 5.70. The number of ether oxygens (including phenoxy) is 1. The van der Waals surface area contributed by atoms with Crippen LogP contribution in [0.1, 0.15) is 38.5 Å². The minimum atomic E-state index is -0.0491. The maximum atomic E-state index is 11.7. The summed E-state index contributed by atoms with van der Waals surface area (Å²) < 4.78 is 5.68. The maximum absolute atomic E-state index is 11.7. The van der Waals surface area contributed by atoms with Gasteiger partial charge in [-0.15, -0.1) is 0 Å². The van der Waals surface area contributed by atoms with Gasteiger partial charge in [0.25, 0.3) is 0 Å². The van der Waals surface area contributed by atoms with E-state index < -0.39 is 0 Å². The molecule has 0 radical (unpaired) electrons. The summed E-state index contributed by atoms with van der Waals surface area (Å²) in [6.07, 6.45) is 11.0. The Labute approximate surface area is 84.3 Å². The molecule has 14 heavy (non-hydrogen) atoms. The van der Waals surface area contributed by atoms with Gasteiger partial charge >= 0.3 is 5.97 Å². The predicted molar refractivity (Wildman–Crippen MR) is 52.6 cm³/mol. The van der Waals surface area contributed by atoms with E-state index in [4.69, 9.17) is 4.74 Å². The van der Waals surface area contributed by atoms with Crippen LogP contribution in [0.3, 0.4) is 0 Å². The lowest BCUT2D eigenvalue weighted by Gasteiger charge is -2.31. The standard InChI is InChI=1S/C12H16O2/c13-11-9-5-1-2-6-10(9)12(14-11)7-3-4-8-12/h1-2,9-10H,3-8H2/t9-,10+/m1/s1. The zero-order chi connectivity index (χ0) is 9.60. The number of hydrogen-bond acceptors (Lipinski definition) is 2. The molecule has 1 aliphatic heterocycles. The molecule has 1 saturated heterocycles. The van der Waals surface area contributed by atoms with Crippen molar-refractivity contribution in [3.8, 4) is 0 Å². The van der Waals surface area contributed by atoms with Crippen LogP contribution in [0.4, 0.5) is 0 Å². The third-order valence-electron chi connectivity index (χ3n) is 4.16. The molecule has 1 spiro atoms. The minimum absolute atomic E-state index is 0.0491. The molecule has 0 aromatic heterocycles. The molecule has 2 nitrogen and oxygen atoms in total. The molecule has 3 aliphatic rings. The number of carbonyl (C=O) groups excluding carboxylic acids is 1. The van der Waals surface area contributed by atoms with Crippen molar-refractivity contribution in [3.63, 3.8) is 0 Å². The molecule has 0 amide bonds. The fraction of sp³-hybridized carbons (Fsp3) is 0.750. The molecule has 0 aromatic rings. The third kappa shape index (κ3) is 0.999. The summed E-state index contributed by atoms with van der Waals surface area (Å²) >= 11 is 0. The second kappa shape index (κ2) is 2.85. The topological polar surface area (TPSA) is 26.3 Å². The lowest BCUT2D eigenvalue weighted by Crippen LogP contribution is -2.34. The van der Waals surface area contributed by atoms with Crippen LogP contribution in [-0.4, -0.2) is 11.6 Å². The van der Waals surface area contributed by atoms with Crippen molar-refractivity contribution in [1.82, 2.24) is 0 Å². The van der Waals surface area contributed by atoms with Crippen molar-refractivity contribution in [2.75, 3.05) is 0 Å². The van der Waals surface area contributed by atoms with E-state index >= 15 is 0 Å². The highest BCUT2D eigenvalue weighted by Gasteiger charge is 2.55. The molecule has 2 heteroatoms. The lowest BCUT2D eigenvalue weighted by atomic mass is 9.74. The van der Waals surface area contributed by atoms with Gasteiger partial charge in [0.15, 0.2) is 0 Å². The van der Waals surface area contributed by atoms with Gasteiger partial charge < -0.3 is 4.74 Å². The first-order valence-electron chi connectivity index (χ1n) is 5.70. The molecule has 0 unspecified atom stereocenters. The van der Waals surface area contributed by atoms with Crippen molar-refractivity contribution in [2.45, 2.75) is 44.1 Å². The molecule has 2 atom stereocenters. The average molecular weight is 192 g/mol. The molecular weight excluding hydrogens is 176 g/mol. The Hall–Kier alpha value is -0.790. The van der Waals surface area contributed by atoms with Crippen molar-refractivity contribution in [1.29, 1.82) is 0 Å². The summed E-state index contributed by atoms with van der Waals surface area (Å²) in [5, 5.41) is 0. The molecule has 1 saturated carbocycles. The molecule has 76 valence electrons. The number of hydrogen-bond donors (Lipinski definition) is 0. The fourth-order valence-electron chi connectivity index (χ4n) is 3.45. The summed E-state index contributed by atoms with van der Waals surface area (Å²) in [4.78, 5) is 11.7. The summed E-state index contributed by atoms with van der Waals surface area (Å²) in [6, 6.07) is 0. The number of esters is 1. The largest absolute Gasteiger partial charge is 0.459 e. The maximum Gasteiger partial charge on any atom is 0.310 e. The Morgan fingerprint density at radius 3 is 2.71 bits per heavy atom. The Morgan fingerprint density at radius 1 is 1.21 bits per heavy atom. The molecular formula is C12H16O2. The Kier molecular flexibility index (Phi) is 1.73. The molecule has 0 aromatic carbocycles. The van der Waals surface area contributed by atoms with Crippen LogP contribution in [0, 0.1) is 11.8 Å². The van der Waals surface area contributed by atoms with Gasteiger partial charge in [-0.05, 0) is 38.5 Å². The zero-order valence-corrected chi connectivity index (χ0v) is 8.37. The van der Waals surface area contributed by atoms with E-state index in [0.29, 0.717) is 5.92 Å². The molecule has 2 fully saturated rings. The van der Waals surface area contributed by atoms with Gasteiger partial charge in [0, 0.05) is 5.92 Å². The smallest absolute Gasteiger partial charge is 0.310 e. The van der Waals surface area contributed by atoms with Crippen LogP contribution in [-0.2, 0) is 9.53 Å². The van der Waals surface area contributed by atoms with E-state index in [9.17, 15) is 4.79 Å². The Morgan fingerprint density at radius 2 is 1.93 bits per heavy atom. The number of fused-ring (bicyclic) bond motifs is 2. The van der Waals surface area contributed by atoms with Gasteiger partial charge in [0.1, 0.15) is 5.60 Å². The number of allylic oxidation sites excluding steroid dienone is 2. The van der Waals surface area contributed by atoms with E-state index in [0.717, 1.165) is 25.7 Å². The summed E-state index contributed by atoms with van der Waals surface area (Å²) in [6.45, 7) is 0. The van der Waals surface area contributed by atoms with Crippen LogP contribution in [0.2, 0.25) is 0 Å². The fourth-order valence-corrected chi connectivity index (χ4v) is 3.45. The molecule has 3 rings (SSSR count). The zero-order valence-electron chi connectivity index (χ0n) is 8.37. The van der Waals surface area contributed by atoms with Gasteiger partial charge in [-0.2, -0.15) is 0 Å². The number of rotatable bonds is 0. The van der Waals surface area contributed by atoms with Crippen LogP contribution in [0.15, 0.2) is 12.2 Å². The normalized spacial score (nSPS) is 38.7. The van der Waals surface area contributed by atoms with Crippen molar-refractivity contribution in [3.05, 3.63) is 12.2 Å². The average Bonchev–Trinajstić information content (AvgIpc) is 2.77. The quantitative estimate of drug-likeness (QED) is 0.435. The molecule has 1 heterocycles. The van der Waals surface area contributed by atoms with Crippen molar-refractivity contribution >= 4 is 5.97 Å². The summed E-state index contributed by atoms with van der Waals surface area (Å²) in [5.41, 5.74) is -0.0491. The van der Waals surface area contributed by atoms with E-state index in [1.807, 2.05) is 0 Å². The highest BCUT2D eigenvalue weighted by molar-refractivity contribution is 5.76. The van der Waals surface area contributed by atoms with E-state index in [1.165, 1.54) is 12.8 Å². The first-order chi connectivity index (χ1) is 6.82. The van der Waals surface area contributed by atoms with Gasteiger partial charge in [-0.25, -0.2) is 0 Å². The molecule has 0 bridgehead atoms. The highest BCUT2D eigenvalue weighted by atomic mass is 16.6. The Bertz CT molecular complexity index is 287. The highest BCUT2D eigenvalue weighted by Crippen LogP contribution is 2.51. The SMILES string of the molecule is O=C1OC2(CCCC2)[C@H]2CC=CC[C@@H]12. The summed E-state index contributed by atoms with van der Waals surface area (Å²) in [7, 11) is 0. The first kappa shape index (κ1) is 8.51. The van der Waals surface area contributed by atoms with Crippen LogP contribution >= 0.6 is 0 Å². The van der Waals surface area contributed by atoms with E-state index in [2.05, 4.69) is 12.2 Å². The van der Waals surface area contributed by atoms with Gasteiger partial charge in [-0.3, -0.25) is 4.79 Å². The van der Waals surface area contributed by atoms with E-state index in [-0.39, 0.29) is 17.5 Å². The lowest BCUT2D eigenvalue weighted by molar-refractivity contribution is -0.150. The van der Waals surface area contributed by atoms with E-state index in [1.54, 1.807) is 0 Å². The summed E-state index contributed by atoms with van der Waals surface area (Å²) in [5.74, 6) is 0.738. The van der Waals surface area contributed by atoms with Crippen molar-refractivity contribution in [2.24, 2.45) is 11.8 Å². The third-order valence-corrected chi connectivity index (χ3v) is 4.16. The van der Waals surface area contributed by atoms with Crippen molar-refractivity contribution < 1.29 is 9.53 Å². The molecule has 2 aliphatic carbocycles. The van der Waals surface area contributed by atoms with Crippen LogP contribution < -0.4 is 0 Å². The number of carbonyl (C=O) groups is 1. The molecule has 0 N–H and O–H groups in total. The second-order valence-corrected chi connectivity index (χ2v) is 4.85. The van der Waals surface area contributed by atoms with Gasteiger partial charge in [0.2, 0.25) is 0 Å². The Balaban J connectivity index is 1.94. The van der Waals surface area contributed by atoms with Crippen LogP contribution in [0.25, 0.3) is 0 Å². The predicted octanol–water partition coefficient (Wildman–Crippen LogP) is 2.44. The minimum Gasteiger partial charge on any atom is -0.459 e. The van der Waals surface area contributed by atoms with Gasteiger partial charge in [0.05, 0.1) is 5.92 Å². The second-order valence-electron chi connectivity index (χ2n) is 4.85. The van der Waals surface area contributed by atoms with Crippen LogP contribution in [0.5, 0.6) is 0 Å².